The molecule has 1 unspecified atom stereocenters. The highest BCUT2D eigenvalue weighted by Gasteiger charge is 2.39. The van der Waals surface area contributed by atoms with Crippen molar-refractivity contribution in [2.75, 3.05) is 27.8 Å². The van der Waals surface area contributed by atoms with Crippen LogP contribution in [0.5, 0.6) is 0 Å². The Balaban J connectivity index is 2.88. The molecule has 8 nitrogen and oxygen atoms in total. The van der Waals surface area contributed by atoms with Crippen molar-refractivity contribution in [2.24, 2.45) is 0 Å². The Morgan fingerprint density at radius 2 is 1.95 bits per heavy atom. The van der Waals surface area contributed by atoms with E-state index < -0.39 is 24.3 Å². The lowest BCUT2D eigenvalue weighted by Crippen LogP contribution is -2.57. The Hall–Kier alpha value is -1.83. The topological polar surface area (TPSA) is 97.0 Å². The van der Waals surface area contributed by atoms with E-state index in [1.807, 2.05) is 0 Å². The molecule has 0 saturated carbocycles. The standard InChI is InChI=1S/C13H23N3O5/c1-8(20-3)10(15-13(19)21-4)12(18)16-7-5-6-9(16)11(17)14-2/h8-10H,5-7H2,1-4H3,(H,14,17)(H,15,19)/t8-,9+,10?/m1/s1. The van der Waals surface area contributed by atoms with Crippen molar-refractivity contribution in [1.29, 1.82) is 0 Å². The van der Waals surface area contributed by atoms with Crippen LogP contribution in [-0.4, -0.2) is 68.8 Å². The maximum Gasteiger partial charge on any atom is 0.407 e. The summed E-state index contributed by atoms with van der Waals surface area (Å²) in [6, 6.07) is -1.40. The van der Waals surface area contributed by atoms with E-state index in [9.17, 15) is 14.4 Å². The number of nitrogens with zero attached hydrogens (tertiary/aromatic N) is 1. The molecule has 1 heterocycles. The van der Waals surface area contributed by atoms with Crippen LogP contribution in [0.4, 0.5) is 4.79 Å². The number of methoxy groups -OCH3 is 2. The second-order valence-corrected chi connectivity index (χ2v) is 4.86. The Morgan fingerprint density at radius 3 is 2.48 bits per heavy atom. The first-order chi connectivity index (χ1) is 9.96. The summed E-state index contributed by atoms with van der Waals surface area (Å²) in [4.78, 5) is 37.3. The first-order valence-corrected chi connectivity index (χ1v) is 6.85. The van der Waals surface area contributed by atoms with E-state index in [1.54, 1.807) is 6.92 Å². The SMILES string of the molecule is CNC(=O)[C@@H]1CCCN1C(=O)C(NC(=O)OC)[C@@H](C)OC. The fourth-order valence-electron chi connectivity index (χ4n) is 2.35. The number of alkyl carbamates (subject to hydrolysis) is 1. The molecule has 0 radical (unpaired) electrons. The number of carbonyl (C=O) groups is 3. The number of amides is 3. The maximum atomic E-state index is 12.6. The van der Waals surface area contributed by atoms with E-state index >= 15 is 0 Å². The number of likely N-dealkylation sites (N-methyl/N-ethyl adjacent to an activating group) is 1. The molecule has 0 bridgehead atoms. The molecular formula is C13H23N3O5. The van der Waals surface area contributed by atoms with E-state index in [4.69, 9.17) is 4.74 Å². The van der Waals surface area contributed by atoms with E-state index in [2.05, 4.69) is 15.4 Å². The zero-order chi connectivity index (χ0) is 16.0. The Labute approximate surface area is 124 Å². The Kier molecular flexibility index (Phi) is 6.41. The molecule has 120 valence electrons. The van der Waals surface area contributed by atoms with Gasteiger partial charge in [0, 0.05) is 20.7 Å². The summed E-state index contributed by atoms with van der Waals surface area (Å²) in [5.74, 6) is -0.552. The quantitative estimate of drug-likeness (QED) is 0.712. The highest BCUT2D eigenvalue weighted by Crippen LogP contribution is 2.19. The number of nitrogens with one attached hydrogen (secondary N) is 2. The molecule has 1 aliphatic rings. The van der Waals surface area contributed by atoms with Gasteiger partial charge >= 0.3 is 6.09 Å². The summed E-state index contributed by atoms with van der Waals surface area (Å²) in [6.07, 6.45) is 0.101. The third-order valence-corrected chi connectivity index (χ3v) is 3.65. The molecule has 0 spiro atoms. The molecule has 21 heavy (non-hydrogen) atoms. The smallest absolute Gasteiger partial charge is 0.407 e. The van der Waals surface area contributed by atoms with Crippen LogP contribution < -0.4 is 10.6 Å². The first-order valence-electron chi connectivity index (χ1n) is 6.85. The van der Waals surface area contributed by atoms with Crippen molar-refractivity contribution >= 4 is 17.9 Å². The number of likely N-dealkylation sites (tertiary alicyclic amines) is 1. The summed E-state index contributed by atoms with van der Waals surface area (Å²) in [5, 5.41) is 5.01. The number of ether oxygens (including phenoxy) is 2. The van der Waals surface area contributed by atoms with E-state index in [1.165, 1.54) is 26.2 Å². The van der Waals surface area contributed by atoms with Gasteiger partial charge in [0.05, 0.1) is 13.2 Å². The molecule has 1 saturated heterocycles. The lowest BCUT2D eigenvalue weighted by Gasteiger charge is -2.30. The van der Waals surface area contributed by atoms with Crippen molar-refractivity contribution < 1.29 is 23.9 Å². The van der Waals surface area contributed by atoms with Gasteiger partial charge in [0.25, 0.3) is 0 Å². The van der Waals surface area contributed by atoms with Crippen LogP contribution in [0.1, 0.15) is 19.8 Å². The third-order valence-electron chi connectivity index (χ3n) is 3.65. The molecule has 1 rings (SSSR count). The van der Waals surface area contributed by atoms with Crippen LogP contribution in [0.2, 0.25) is 0 Å². The van der Waals surface area contributed by atoms with Gasteiger partial charge in [0.2, 0.25) is 11.8 Å². The van der Waals surface area contributed by atoms with Crippen molar-refractivity contribution in [1.82, 2.24) is 15.5 Å². The van der Waals surface area contributed by atoms with Crippen LogP contribution in [0.15, 0.2) is 0 Å². The molecule has 3 amide bonds. The largest absolute Gasteiger partial charge is 0.453 e. The Bertz CT molecular complexity index is 401. The van der Waals surface area contributed by atoms with Crippen LogP contribution in [0.25, 0.3) is 0 Å². The van der Waals surface area contributed by atoms with Crippen LogP contribution in [-0.2, 0) is 19.1 Å². The molecule has 1 aliphatic heterocycles. The summed E-state index contributed by atoms with van der Waals surface area (Å²) in [7, 11) is 4.20. The molecule has 0 aliphatic carbocycles. The lowest BCUT2D eigenvalue weighted by molar-refractivity contribution is -0.142. The molecule has 8 heteroatoms. The molecular weight excluding hydrogens is 278 g/mol. The molecule has 0 aromatic rings. The van der Waals surface area contributed by atoms with E-state index in [0.717, 1.165) is 6.42 Å². The average molecular weight is 301 g/mol. The molecule has 3 atom stereocenters. The van der Waals surface area contributed by atoms with Gasteiger partial charge in [-0.05, 0) is 19.8 Å². The second-order valence-electron chi connectivity index (χ2n) is 4.86. The van der Waals surface area contributed by atoms with Gasteiger partial charge in [0.15, 0.2) is 0 Å². The summed E-state index contributed by atoms with van der Waals surface area (Å²) in [5.41, 5.74) is 0. The van der Waals surface area contributed by atoms with Crippen LogP contribution in [0, 0.1) is 0 Å². The van der Waals surface area contributed by atoms with Crippen LogP contribution >= 0.6 is 0 Å². The minimum Gasteiger partial charge on any atom is -0.453 e. The van der Waals surface area contributed by atoms with Crippen molar-refractivity contribution in [3.63, 3.8) is 0 Å². The normalized spacial score (nSPS) is 20.6. The predicted octanol–water partition coefficient (Wildman–Crippen LogP) is -0.517. The number of hydrogen-bond donors (Lipinski definition) is 2. The number of rotatable bonds is 5. The third kappa shape index (κ3) is 4.07. The molecule has 1 fully saturated rings. The fourth-order valence-corrected chi connectivity index (χ4v) is 2.35. The molecule has 0 aromatic heterocycles. The number of carbonyl (C=O) groups excluding carboxylic acids is 3. The van der Waals surface area contributed by atoms with Gasteiger partial charge in [-0.15, -0.1) is 0 Å². The van der Waals surface area contributed by atoms with Gasteiger partial charge in [-0.3, -0.25) is 9.59 Å². The van der Waals surface area contributed by atoms with E-state index in [0.29, 0.717) is 13.0 Å². The van der Waals surface area contributed by atoms with Gasteiger partial charge in [-0.2, -0.15) is 0 Å². The monoisotopic (exact) mass is 301 g/mol. The average Bonchev–Trinajstić information content (AvgIpc) is 2.99. The highest BCUT2D eigenvalue weighted by molar-refractivity contribution is 5.92. The molecule has 2 N–H and O–H groups in total. The van der Waals surface area contributed by atoms with Gasteiger partial charge in [-0.25, -0.2) is 4.79 Å². The van der Waals surface area contributed by atoms with Gasteiger partial charge in [-0.1, -0.05) is 0 Å². The zero-order valence-corrected chi connectivity index (χ0v) is 12.8. The minimum atomic E-state index is -0.896. The zero-order valence-electron chi connectivity index (χ0n) is 12.8. The van der Waals surface area contributed by atoms with Crippen LogP contribution in [0.3, 0.4) is 0 Å². The summed E-state index contributed by atoms with van der Waals surface area (Å²) < 4.78 is 9.67. The van der Waals surface area contributed by atoms with E-state index in [-0.39, 0.29) is 11.8 Å². The van der Waals surface area contributed by atoms with Gasteiger partial charge in [0.1, 0.15) is 12.1 Å². The predicted molar refractivity (Wildman–Crippen MR) is 74.6 cm³/mol. The van der Waals surface area contributed by atoms with Crippen molar-refractivity contribution in [2.45, 2.75) is 38.0 Å². The van der Waals surface area contributed by atoms with Crippen molar-refractivity contribution in [3.8, 4) is 0 Å². The summed E-state index contributed by atoms with van der Waals surface area (Å²) >= 11 is 0. The van der Waals surface area contributed by atoms with Gasteiger partial charge < -0.3 is 25.0 Å². The lowest BCUT2D eigenvalue weighted by atomic mass is 10.1. The summed E-state index contributed by atoms with van der Waals surface area (Å²) in [6.45, 7) is 2.15. The number of hydrogen-bond acceptors (Lipinski definition) is 5. The maximum absolute atomic E-state index is 12.6. The first kappa shape index (κ1) is 17.2. The Morgan fingerprint density at radius 1 is 1.29 bits per heavy atom. The highest BCUT2D eigenvalue weighted by atomic mass is 16.5. The molecule has 0 aromatic carbocycles. The fraction of sp³-hybridized carbons (Fsp3) is 0.769. The minimum absolute atomic E-state index is 0.206. The second kappa shape index (κ2) is 7.82. The van der Waals surface area contributed by atoms with Crippen molar-refractivity contribution in [3.05, 3.63) is 0 Å².